The number of ether oxygens (including phenoxy) is 2. The molecule has 0 saturated carbocycles. The van der Waals surface area contributed by atoms with Gasteiger partial charge in [-0.15, -0.1) is 0 Å². The molecule has 23 heavy (non-hydrogen) atoms. The predicted molar refractivity (Wildman–Crippen MR) is 92.6 cm³/mol. The number of rotatable bonds is 6. The Kier molecular flexibility index (Phi) is 5.63. The number of carbonyl (C=O) groups excluding carboxylic acids is 1. The molecule has 1 atom stereocenters. The van der Waals surface area contributed by atoms with Crippen LogP contribution in [0, 0.1) is 0 Å². The molecule has 0 aliphatic carbocycles. The van der Waals surface area contributed by atoms with Crippen molar-refractivity contribution in [1.82, 2.24) is 0 Å². The fourth-order valence-corrected chi connectivity index (χ4v) is 2.31. The van der Waals surface area contributed by atoms with E-state index in [0.29, 0.717) is 23.0 Å². The summed E-state index contributed by atoms with van der Waals surface area (Å²) in [7, 11) is 3.11. The van der Waals surface area contributed by atoms with Crippen molar-refractivity contribution in [2.75, 3.05) is 19.5 Å². The third-order valence-electron chi connectivity index (χ3n) is 4.00. The molecule has 2 aromatic carbocycles. The summed E-state index contributed by atoms with van der Waals surface area (Å²) in [5.41, 5.74) is 2.57. The van der Waals surface area contributed by atoms with Gasteiger partial charge in [0.1, 0.15) is 0 Å². The van der Waals surface area contributed by atoms with Crippen molar-refractivity contribution in [2.24, 2.45) is 0 Å². The number of methoxy groups -OCH3 is 2. The second-order valence-corrected chi connectivity index (χ2v) is 5.46. The van der Waals surface area contributed by atoms with E-state index in [0.717, 1.165) is 12.1 Å². The smallest absolute Gasteiger partial charge is 0.255 e. The Bertz CT molecular complexity index is 665. The van der Waals surface area contributed by atoms with Crippen molar-refractivity contribution in [3.8, 4) is 11.5 Å². The van der Waals surface area contributed by atoms with Crippen LogP contribution in [-0.2, 0) is 0 Å². The van der Waals surface area contributed by atoms with Crippen molar-refractivity contribution in [1.29, 1.82) is 0 Å². The molecule has 0 aromatic heterocycles. The zero-order chi connectivity index (χ0) is 16.8. The first-order chi connectivity index (χ1) is 11.1. The highest BCUT2D eigenvalue weighted by molar-refractivity contribution is 6.04. The molecular weight excluding hydrogens is 290 g/mol. The lowest BCUT2D eigenvalue weighted by Gasteiger charge is -2.12. The van der Waals surface area contributed by atoms with Crippen LogP contribution in [0.25, 0.3) is 0 Å². The van der Waals surface area contributed by atoms with Gasteiger partial charge >= 0.3 is 0 Å². The summed E-state index contributed by atoms with van der Waals surface area (Å²) in [6.07, 6.45) is 1.09. The van der Waals surface area contributed by atoms with Gasteiger partial charge in [0.25, 0.3) is 5.91 Å². The number of hydrogen-bond acceptors (Lipinski definition) is 3. The molecule has 1 amide bonds. The summed E-state index contributed by atoms with van der Waals surface area (Å²) in [6, 6.07) is 13.1. The molecule has 0 bridgehead atoms. The monoisotopic (exact) mass is 313 g/mol. The quantitative estimate of drug-likeness (QED) is 0.856. The molecule has 0 aliphatic rings. The highest BCUT2D eigenvalue weighted by atomic mass is 16.5. The van der Waals surface area contributed by atoms with Gasteiger partial charge in [-0.1, -0.05) is 26.0 Å². The molecular formula is C19H23NO3. The van der Waals surface area contributed by atoms with E-state index in [4.69, 9.17) is 9.47 Å². The van der Waals surface area contributed by atoms with Crippen molar-refractivity contribution in [2.45, 2.75) is 26.2 Å². The van der Waals surface area contributed by atoms with Crippen LogP contribution in [0.15, 0.2) is 42.5 Å². The maximum absolute atomic E-state index is 12.3. The zero-order valence-corrected chi connectivity index (χ0v) is 14.1. The fourth-order valence-electron chi connectivity index (χ4n) is 2.31. The van der Waals surface area contributed by atoms with E-state index < -0.39 is 0 Å². The second kappa shape index (κ2) is 7.68. The molecule has 0 radical (unpaired) electrons. The molecule has 4 nitrogen and oxygen atoms in total. The molecule has 0 fully saturated rings. The van der Waals surface area contributed by atoms with Crippen molar-refractivity contribution >= 4 is 11.6 Å². The third-order valence-corrected chi connectivity index (χ3v) is 4.00. The third kappa shape index (κ3) is 4.03. The average molecular weight is 313 g/mol. The standard InChI is InChI=1S/C19H23NO3/c1-5-13(2)14-6-9-16(10-7-14)20-19(21)15-8-11-17(22-3)18(12-15)23-4/h6-13H,5H2,1-4H3,(H,20,21)/t13-/m1/s1. The van der Waals surface area contributed by atoms with Gasteiger partial charge in [-0.25, -0.2) is 0 Å². The van der Waals surface area contributed by atoms with Crippen LogP contribution < -0.4 is 14.8 Å². The second-order valence-electron chi connectivity index (χ2n) is 5.46. The summed E-state index contributed by atoms with van der Waals surface area (Å²) >= 11 is 0. The zero-order valence-electron chi connectivity index (χ0n) is 14.1. The van der Waals surface area contributed by atoms with Crippen molar-refractivity contribution in [3.63, 3.8) is 0 Å². The predicted octanol–water partition coefficient (Wildman–Crippen LogP) is 4.47. The average Bonchev–Trinajstić information content (AvgIpc) is 2.60. The molecule has 122 valence electrons. The summed E-state index contributed by atoms with van der Waals surface area (Å²) in [6.45, 7) is 4.36. The van der Waals surface area contributed by atoms with Gasteiger partial charge in [0, 0.05) is 11.3 Å². The Morgan fingerprint density at radius 2 is 1.70 bits per heavy atom. The Balaban J connectivity index is 2.12. The van der Waals surface area contributed by atoms with E-state index >= 15 is 0 Å². The Hall–Kier alpha value is -2.49. The van der Waals surface area contributed by atoms with Gasteiger partial charge in [-0.2, -0.15) is 0 Å². The molecule has 0 unspecified atom stereocenters. The summed E-state index contributed by atoms with van der Waals surface area (Å²) in [5.74, 6) is 1.47. The first-order valence-electron chi connectivity index (χ1n) is 7.72. The minimum Gasteiger partial charge on any atom is -0.493 e. The Labute approximate surface area is 137 Å². The number of hydrogen-bond donors (Lipinski definition) is 1. The number of nitrogens with one attached hydrogen (secondary N) is 1. The van der Waals surface area contributed by atoms with Crippen LogP contribution in [0.5, 0.6) is 11.5 Å². The first-order valence-corrected chi connectivity index (χ1v) is 7.72. The Morgan fingerprint density at radius 3 is 2.26 bits per heavy atom. The van der Waals surface area contributed by atoms with Crippen LogP contribution in [0.2, 0.25) is 0 Å². The van der Waals surface area contributed by atoms with E-state index in [1.54, 1.807) is 32.4 Å². The lowest BCUT2D eigenvalue weighted by atomic mass is 9.98. The number of benzene rings is 2. The van der Waals surface area contributed by atoms with E-state index in [9.17, 15) is 4.79 Å². The van der Waals surface area contributed by atoms with Crippen molar-refractivity contribution < 1.29 is 14.3 Å². The largest absolute Gasteiger partial charge is 0.493 e. The summed E-state index contributed by atoms with van der Waals surface area (Å²) in [5, 5.41) is 2.90. The summed E-state index contributed by atoms with van der Waals surface area (Å²) < 4.78 is 10.4. The molecule has 0 aliphatic heterocycles. The van der Waals surface area contributed by atoms with E-state index in [-0.39, 0.29) is 5.91 Å². The van der Waals surface area contributed by atoms with Gasteiger partial charge in [0.15, 0.2) is 11.5 Å². The lowest BCUT2D eigenvalue weighted by Crippen LogP contribution is -2.12. The molecule has 0 heterocycles. The molecule has 0 saturated heterocycles. The van der Waals surface area contributed by atoms with E-state index in [2.05, 4.69) is 31.3 Å². The number of carbonyl (C=O) groups is 1. The van der Waals surface area contributed by atoms with Crippen LogP contribution in [0.3, 0.4) is 0 Å². The van der Waals surface area contributed by atoms with Crippen LogP contribution in [0.4, 0.5) is 5.69 Å². The highest BCUT2D eigenvalue weighted by Gasteiger charge is 2.11. The highest BCUT2D eigenvalue weighted by Crippen LogP contribution is 2.28. The maximum Gasteiger partial charge on any atom is 0.255 e. The van der Waals surface area contributed by atoms with Crippen LogP contribution >= 0.6 is 0 Å². The molecule has 0 spiro atoms. The van der Waals surface area contributed by atoms with Crippen molar-refractivity contribution in [3.05, 3.63) is 53.6 Å². The normalized spacial score (nSPS) is 11.7. The minimum atomic E-state index is -0.178. The first kappa shape index (κ1) is 16.9. The maximum atomic E-state index is 12.3. The fraction of sp³-hybridized carbons (Fsp3) is 0.316. The number of anilines is 1. The molecule has 1 N–H and O–H groups in total. The van der Waals surface area contributed by atoms with Crippen LogP contribution in [0.1, 0.15) is 42.1 Å². The van der Waals surface area contributed by atoms with Gasteiger partial charge < -0.3 is 14.8 Å². The minimum absolute atomic E-state index is 0.178. The van der Waals surface area contributed by atoms with Gasteiger partial charge in [0.2, 0.25) is 0 Å². The number of amides is 1. The van der Waals surface area contributed by atoms with Gasteiger partial charge in [0.05, 0.1) is 14.2 Å². The lowest BCUT2D eigenvalue weighted by molar-refractivity contribution is 0.102. The topological polar surface area (TPSA) is 47.6 Å². The van der Waals surface area contributed by atoms with E-state index in [1.165, 1.54) is 5.56 Å². The van der Waals surface area contributed by atoms with E-state index in [1.807, 2.05) is 12.1 Å². The van der Waals surface area contributed by atoms with Crippen LogP contribution in [-0.4, -0.2) is 20.1 Å². The van der Waals surface area contributed by atoms with Gasteiger partial charge in [-0.05, 0) is 48.2 Å². The Morgan fingerprint density at radius 1 is 1.04 bits per heavy atom. The summed E-state index contributed by atoms with van der Waals surface area (Å²) in [4.78, 5) is 12.3. The molecule has 2 aromatic rings. The van der Waals surface area contributed by atoms with Gasteiger partial charge in [-0.3, -0.25) is 4.79 Å². The molecule has 4 heteroatoms. The SMILES string of the molecule is CC[C@@H](C)c1ccc(NC(=O)c2ccc(OC)c(OC)c2)cc1. The molecule has 2 rings (SSSR count).